The fourth-order valence-electron chi connectivity index (χ4n) is 3.59. The largest absolute Gasteiger partial charge is 0.369 e. The van der Waals surface area contributed by atoms with E-state index in [1.807, 2.05) is 12.1 Å². The number of nitrogens with two attached hydrogens (primary N) is 1. The third-order valence-electron chi connectivity index (χ3n) is 4.96. The molecule has 0 fully saturated rings. The van der Waals surface area contributed by atoms with Crippen molar-refractivity contribution >= 4 is 23.5 Å². The summed E-state index contributed by atoms with van der Waals surface area (Å²) in [6, 6.07) is 10.4. The predicted molar refractivity (Wildman–Crippen MR) is 107 cm³/mol. The van der Waals surface area contributed by atoms with E-state index in [-0.39, 0.29) is 11.5 Å². The van der Waals surface area contributed by atoms with Gasteiger partial charge in [0.15, 0.2) is 5.78 Å². The first kappa shape index (κ1) is 19.2. The first-order chi connectivity index (χ1) is 12.9. The number of nitrogens with zero attached hydrogens (tertiary/aromatic N) is 1. The van der Waals surface area contributed by atoms with Gasteiger partial charge in [0.05, 0.1) is 28.3 Å². The van der Waals surface area contributed by atoms with Gasteiger partial charge in [-0.3, -0.25) is 9.59 Å². The highest BCUT2D eigenvalue weighted by Crippen LogP contribution is 2.44. The third kappa shape index (κ3) is 3.93. The first-order valence-electron chi connectivity index (χ1n) is 9.10. The van der Waals surface area contributed by atoms with Crippen molar-refractivity contribution in [3.8, 4) is 6.07 Å². The molecule has 1 heterocycles. The number of rotatable bonds is 5. The molecule has 1 atom stereocenters. The molecule has 0 bridgehead atoms. The van der Waals surface area contributed by atoms with Gasteiger partial charge in [0.25, 0.3) is 0 Å². The molecule has 3 rings (SSSR count). The summed E-state index contributed by atoms with van der Waals surface area (Å²) < 4.78 is 0. The van der Waals surface area contributed by atoms with Gasteiger partial charge in [-0.25, -0.2) is 0 Å². The van der Waals surface area contributed by atoms with Crippen LogP contribution in [0, 0.1) is 11.3 Å². The van der Waals surface area contributed by atoms with Gasteiger partial charge in [0, 0.05) is 17.7 Å². The van der Waals surface area contributed by atoms with E-state index in [0.717, 1.165) is 24.1 Å². The smallest absolute Gasteiger partial charge is 0.227 e. The summed E-state index contributed by atoms with van der Waals surface area (Å²) in [6.07, 6.45) is 2.06. The van der Waals surface area contributed by atoms with Gasteiger partial charge < -0.3 is 11.1 Å². The maximum absolute atomic E-state index is 12.7. The van der Waals surface area contributed by atoms with Crippen LogP contribution in [0.15, 0.2) is 46.1 Å². The number of carbonyl (C=O) groups is 2. The zero-order valence-electron chi connectivity index (χ0n) is 15.5. The number of thioether (sulfide) groups is 1. The van der Waals surface area contributed by atoms with Gasteiger partial charge >= 0.3 is 0 Å². The molecule has 0 radical (unpaired) electrons. The highest BCUT2D eigenvalue weighted by molar-refractivity contribution is 8.03. The minimum absolute atomic E-state index is 0.0864. The summed E-state index contributed by atoms with van der Waals surface area (Å²) in [5.41, 5.74) is 9.46. The molecule has 5 nitrogen and oxygen atoms in total. The van der Waals surface area contributed by atoms with Crippen LogP contribution in [0.5, 0.6) is 0 Å². The Morgan fingerprint density at radius 3 is 2.63 bits per heavy atom. The van der Waals surface area contributed by atoms with E-state index < -0.39 is 11.8 Å². The molecule has 1 aliphatic carbocycles. The minimum atomic E-state index is -0.441. The molecule has 3 N–H and O–H groups in total. The quantitative estimate of drug-likeness (QED) is 0.814. The fourth-order valence-corrected chi connectivity index (χ4v) is 4.39. The van der Waals surface area contributed by atoms with Crippen LogP contribution in [-0.4, -0.2) is 17.4 Å². The van der Waals surface area contributed by atoms with E-state index in [0.29, 0.717) is 28.5 Å². The standard InChI is InChI=1S/C21H23N3O2S/c1-12(2)13-6-8-14(9-7-13)19-15(10-22)21(27-11-18(23)26)24-16-4-3-5-17(25)20(16)19/h6-9,12,19,24H,3-5,11H2,1-2H3,(H2,23,26)/t19-/m1/s1. The van der Waals surface area contributed by atoms with Crippen molar-refractivity contribution in [1.29, 1.82) is 5.26 Å². The van der Waals surface area contributed by atoms with E-state index in [9.17, 15) is 14.9 Å². The molecule has 140 valence electrons. The predicted octanol–water partition coefficient (Wildman–Crippen LogP) is 3.46. The summed E-state index contributed by atoms with van der Waals surface area (Å²) in [4.78, 5) is 23.9. The van der Waals surface area contributed by atoms with Crippen LogP contribution >= 0.6 is 11.8 Å². The molecule has 1 aromatic rings. The number of ketones is 1. The normalized spacial score (nSPS) is 19.6. The molecule has 1 amide bonds. The van der Waals surface area contributed by atoms with Gasteiger partial charge in [-0.1, -0.05) is 49.9 Å². The molecule has 0 saturated heterocycles. The van der Waals surface area contributed by atoms with Crippen molar-refractivity contribution in [2.45, 2.75) is 44.9 Å². The number of nitriles is 1. The molecule has 0 spiro atoms. The van der Waals surface area contributed by atoms with Crippen molar-refractivity contribution in [3.05, 3.63) is 57.3 Å². The number of hydrogen-bond donors (Lipinski definition) is 2. The number of carbonyl (C=O) groups excluding carboxylic acids is 2. The number of allylic oxidation sites excluding steroid dienone is 3. The summed E-state index contributed by atoms with van der Waals surface area (Å²) in [6.45, 7) is 4.26. The van der Waals surface area contributed by atoms with E-state index in [4.69, 9.17) is 5.73 Å². The SMILES string of the molecule is CC(C)c1ccc([C@@H]2C(C#N)=C(SCC(N)=O)NC3=C2C(=O)CCC3)cc1. The highest BCUT2D eigenvalue weighted by Gasteiger charge is 2.37. The lowest BCUT2D eigenvalue weighted by Crippen LogP contribution is -2.31. The topological polar surface area (TPSA) is 96.0 Å². The number of amides is 1. The summed E-state index contributed by atoms with van der Waals surface area (Å²) in [7, 11) is 0. The Hall–Kier alpha value is -2.52. The summed E-state index contributed by atoms with van der Waals surface area (Å²) in [5, 5.41) is 13.7. The van der Waals surface area contributed by atoms with Crippen molar-refractivity contribution in [2.24, 2.45) is 5.73 Å². The Balaban J connectivity index is 2.09. The Labute approximate surface area is 163 Å². The summed E-state index contributed by atoms with van der Waals surface area (Å²) in [5.74, 6) is -0.248. The van der Waals surface area contributed by atoms with Crippen LogP contribution in [0.4, 0.5) is 0 Å². The lowest BCUT2D eigenvalue weighted by Gasteiger charge is -2.33. The number of nitrogens with one attached hydrogen (secondary N) is 1. The monoisotopic (exact) mass is 381 g/mol. The van der Waals surface area contributed by atoms with Crippen LogP contribution in [-0.2, 0) is 9.59 Å². The number of benzene rings is 1. The van der Waals surface area contributed by atoms with Crippen LogP contribution < -0.4 is 11.1 Å². The average molecular weight is 382 g/mol. The van der Waals surface area contributed by atoms with Crippen LogP contribution in [0.25, 0.3) is 0 Å². The maximum Gasteiger partial charge on any atom is 0.227 e. The molecule has 0 saturated carbocycles. The molecular weight excluding hydrogens is 358 g/mol. The van der Waals surface area contributed by atoms with Crippen LogP contribution in [0.3, 0.4) is 0 Å². The lowest BCUT2D eigenvalue weighted by molar-refractivity contribution is -0.116. The van der Waals surface area contributed by atoms with Crippen molar-refractivity contribution in [3.63, 3.8) is 0 Å². The first-order valence-corrected chi connectivity index (χ1v) is 10.1. The summed E-state index contributed by atoms with van der Waals surface area (Å²) >= 11 is 1.23. The van der Waals surface area contributed by atoms with E-state index in [2.05, 4.69) is 37.4 Å². The number of Topliss-reactive ketones (excluding diaryl/α,β-unsaturated/α-hetero) is 1. The Morgan fingerprint density at radius 1 is 1.33 bits per heavy atom. The van der Waals surface area contributed by atoms with Crippen molar-refractivity contribution < 1.29 is 9.59 Å². The van der Waals surface area contributed by atoms with Crippen LogP contribution in [0.2, 0.25) is 0 Å². The van der Waals surface area contributed by atoms with E-state index in [1.54, 1.807) is 0 Å². The molecule has 0 aromatic heterocycles. The van der Waals surface area contributed by atoms with Crippen LogP contribution in [0.1, 0.15) is 56.1 Å². The lowest BCUT2D eigenvalue weighted by atomic mass is 9.76. The second-order valence-electron chi connectivity index (χ2n) is 7.16. The zero-order valence-corrected chi connectivity index (χ0v) is 16.4. The molecule has 1 aliphatic heterocycles. The fraction of sp³-hybridized carbons (Fsp3) is 0.381. The molecular formula is C21H23N3O2S. The van der Waals surface area contributed by atoms with Gasteiger partial charge in [-0.2, -0.15) is 5.26 Å². The Morgan fingerprint density at radius 2 is 2.04 bits per heavy atom. The highest BCUT2D eigenvalue weighted by atomic mass is 32.2. The van der Waals surface area contributed by atoms with Crippen molar-refractivity contribution in [2.75, 3.05) is 5.75 Å². The number of dihydropyridines is 1. The second kappa shape index (κ2) is 8.01. The second-order valence-corrected chi connectivity index (χ2v) is 8.14. The van der Waals surface area contributed by atoms with E-state index >= 15 is 0 Å². The maximum atomic E-state index is 12.7. The Bertz CT molecular complexity index is 876. The van der Waals surface area contributed by atoms with Gasteiger partial charge in [-0.15, -0.1) is 0 Å². The number of primary amides is 1. The third-order valence-corrected chi connectivity index (χ3v) is 6.00. The molecule has 27 heavy (non-hydrogen) atoms. The molecule has 1 aromatic carbocycles. The molecule has 6 heteroatoms. The van der Waals surface area contributed by atoms with Gasteiger partial charge in [0.2, 0.25) is 5.91 Å². The minimum Gasteiger partial charge on any atom is -0.369 e. The van der Waals surface area contributed by atoms with Gasteiger partial charge in [-0.05, 0) is 29.9 Å². The number of hydrogen-bond acceptors (Lipinski definition) is 5. The Kier molecular flexibility index (Phi) is 5.71. The molecule has 2 aliphatic rings. The van der Waals surface area contributed by atoms with Crippen molar-refractivity contribution in [1.82, 2.24) is 5.32 Å². The zero-order chi connectivity index (χ0) is 19.6. The van der Waals surface area contributed by atoms with Gasteiger partial charge in [0.1, 0.15) is 0 Å². The molecule has 0 unspecified atom stereocenters. The van der Waals surface area contributed by atoms with E-state index in [1.165, 1.54) is 17.3 Å². The average Bonchev–Trinajstić information content (AvgIpc) is 2.65.